The van der Waals surface area contributed by atoms with Crippen molar-refractivity contribution in [2.24, 2.45) is 5.73 Å². The van der Waals surface area contributed by atoms with Crippen molar-refractivity contribution in [1.29, 1.82) is 0 Å². The minimum atomic E-state index is 0.750. The van der Waals surface area contributed by atoms with Crippen LogP contribution in [-0.4, -0.2) is 11.7 Å². The molecule has 0 fully saturated rings. The van der Waals surface area contributed by atoms with Crippen LogP contribution in [0.5, 0.6) is 0 Å². The summed E-state index contributed by atoms with van der Waals surface area (Å²) < 4.78 is 0. The van der Waals surface area contributed by atoms with Gasteiger partial charge in [0.2, 0.25) is 0 Å². The third-order valence-electron chi connectivity index (χ3n) is 2.06. The number of nitrogens with two attached hydrogens (primary N) is 1. The summed E-state index contributed by atoms with van der Waals surface area (Å²) in [4.78, 5) is 0. The molecule has 0 amide bonds. The first-order chi connectivity index (χ1) is 6.83. The first kappa shape index (κ1) is 15.9. The first-order valence-corrected chi connectivity index (χ1v) is 5.78. The van der Waals surface area contributed by atoms with E-state index < -0.39 is 0 Å². The van der Waals surface area contributed by atoms with Crippen molar-refractivity contribution in [2.45, 2.75) is 58.3 Å². The highest BCUT2D eigenvalue weighted by Crippen LogP contribution is 2.07. The van der Waals surface area contributed by atoms with Gasteiger partial charge in [0.1, 0.15) is 0 Å². The normalized spacial score (nSPS) is 9.00. The lowest BCUT2D eigenvalue weighted by Gasteiger charge is -1.99. The fourth-order valence-electron chi connectivity index (χ4n) is 1.28. The van der Waals surface area contributed by atoms with Gasteiger partial charge in [0, 0.05) is 0 Å². The lowest BCUT2D eigenvalue weighted by atomic mass is 10.1. The molecule has 0 atom stereocenters. The van der Waals surface area contributed by atoms with Gasteiger partial charge in [-0.2, -0.15) is 0 Å². The molecule has 0 aromatic rings. The highest BCUT2D eigenvalue weighted by Gasteiger charge is 1.89. The molecule has 0 bridgehead atoms. The second kappa shape index (κ2) is 18.3. The fourth-order valence-corrected chi connectivity index (χ4v) is 1.28. The van der Waals surface area contributed by atoms with Crippen molar-refractivity contribution in [2.75, 3.05) is 6.54 Å². The Balaban J connectivity index is 0. The Morgan fingerprint density at radius 3 is 1.71 bits per heavy atom. The predicted molar refractivity (Wildman–Crippen MR) is 64.5 cm³/mol. The van der Waals surface area contributed by atoms with Crippen LogP contribution in [0.2, 0.25) is 0 Å². The van der Waals surface area contributed by atoms with Crippen molar-refractivity contribution in [3.63, 3.8) is 0 Å². The summed E-state index contributed by atoms with van der Waals surface area (Å²) >= 11 is 0. The maximum absolute atomic E-state index is 7.33. The van der Waals surface area contributed by atoms with E-state index in [1.807, 2.05) is 0 Å². The Kier molecular flexibility index (Phi) is 20.9. The molecule has 0 aromatic carbocycles. The SMILES string of the molecule is C=CO.CCCCCCCCCCN. The zero-order chi connectivity index (χ0) is 11.1. The molecule has 3 N–H and O–H groups in total. The highest BCUT2D eigenvalue weighted by molar-refractivity contribution is 4.45. The fraction of sp³-hybridized carbons (Fsp3) is 0.833. The lowest BCUT2D eigenvalue weighted by Crippen LogP contribution is -1.97. The second-order valence-electron chi connectivity index (χ2n) is 3.45. The number of hydrogen-bond acceptors (Lipinski definition) is 2. The van der Waals surface area contributed by atoms with Gasteiger partial charge < -0.3 is 10.8 Å². The number of rotatable bonds is 8. The van der Waals surface area contributed by atoms with E-state index in [2.05, 4.69) is 13.5 Å². The van der Waals surface area contributed by atoms with Crippen LogP contribution in [0.3, 0.4) is 0 Å². The van der Waals surface area contributed by atoms with E-state index in [4.69, 9.17) is 10.8 Å². The molecule has 0 aromatic heterocycles. The molecule has 0 aliphatic heterocycles. The van der Waals surface area contributed by atoms with Gasteiger partial charge in [0.05, 0.1) is 6.26 Å². The zero-order valence-corrected chi connectivity index (χ0v) is 9.67. The summed E-state index contributed by atoms with van der Waals surface area (Å²) in [6, 6.07) is 0. The summed E-state index contributed by atoms with van der Waals surface area (Å²) in [6.07, 6.45) is 11.7. The van der Waals surface area contributed by atoms with Crippen molar-refractivity contribution in [3.8, 4) is 0 Å². The Morgan fingerprint density at radius 1 is 1.00 bits per heavy atom. The van der Waals surface area contributed by atoms with E-state index in [1.54, 1.807) is 0 Å². The maximum atomic E-state index is 7.33. The molecule has 0 radical (unpaired) electrons. The summed E-state index contributed by atoms with van der Waals surface area (Å²) in [7, 11) is 0. The molecule has 2 heteroatoms. The van der Waals surface area contributed by atoms with Crippen LogP contribution in [0, 0.1) is 0 Å². The minimum Gasteiger partial charge on any atom is -0.516 e. The van der Waals surface area contributed by atoms with Gasteiger partial charge in [-0.3, -0.25) is 0 Å². The number of hydrogen-bond donors (Lipinski definition) is 2. The van der Waals surface area contributed by atoms with E-state index in [1.165, 1.54) is 51.4 Å². The molecule has 0 aliphatic rings. The summed E-state index contributed by atoms with van der Waals surface area (Å²) in [6.45, 7) is 6.05. The maximum Gasteiger partial charge on any atom is 0.0719 e. The largest absolute Gasteiger partial charge is 0.516 e. The molecule has 0 aliphatic carbocycles. The van der Waals surface area contributed by atoms with Gasteiger partial charge in [-0.15, -0.1) is 0 Å². The molecule has 0 heterocycles. The predicted octanol–water partition coefficient (Wildman–Crippen LogP) is 3.77. The summed E-state index contributed by atoms with van der Waals surface area (Å²) in [5.41, 5.74) is 5.39. The molecule has 14 heavy (non-hydrogen) atoms. The van der Waals surface area contributed by atoms with Crippen molar-refractivity contribution in [3.05, 3.63) is 12.8 Å². The Morgan fingerprint density at radius 2 is 1.36 bits per heavy atom. The van der Waals surface area contributed by atoms with Crippen LogP contribution in [0.4, 0.5) is 0 Å². The van der Waals surface area contributed by atoms with Crippen molar-refractivity contribution >= 4 is 0 Å². The summed E-state index contributed by atoms with van der Waals surface area (Å²) in [5, 5.41) is 7.33. The molecule has 0 saturated heterocycles. The van der Waals surface area contributed by atoms with Gasteiger partial charge in [-0.25, -0.2) is 0 Å². The van der Waals surface area contributed by atoms with E-state index >= 15 is 0 Å². The van der Waals surface area contributed by atoms with Crippen LogP contribution in [-0.2, 0) is 0 Å². The smallest absolute Gasteiger partial charge is 0.0719 e. The Bertz CT molecular complexity index is 86.3. The highest BCUT2D eigenvalue weighted by atomic mass is 16.2. The second-order valence-corrected chi connectivity index (χ2v) is 3.45. The van der Waals surface area contributed by atoms with Gasteiger partial charge in [0.15, 0.2) is 0 Å². The molecule has 0 spiro atoms. The standard InChI is InChI=1S/C10H23N.C2H4O/c1-2-3-4-5-6-7-8-9-10-11;1-2-3/h2-11H2,1H3;2-3H,1H2. The van der Waals surface area contributed by atoms with Gasteiger partial charge in [0.25, 0.3) is 0 Å². The van der Waals surface area contributed by atoms with Crippen LogP contribution in [0.1, 0.15) is 58.3 Å². The number of unbranched alkanes of at least 4 members (excludes halogenated alkanes) is 7. The molecule has 0 unspecified atom stereocenters. The lowest BCUT2D eigenvalue weighted by molar-refractivity contribution is 0.476. The van der Waals surface area contributed by atoms with Gasteiger partial charge in [-0.1, -0.05) is 58.4 Å². The molecule has 2 nitrogen and oxygen atoms in total. The third-order valence-corrected chi connectivity index (χ3v) is 2.06. The van der Waals surface area contributed by atoms with E-state index in [0.29, 0.717) is 0 Å². The molecule has 0 rings (SSSR count). The van der Waals surface area contributed by atoms with Crippen LogP contribution < -0.4 is 5.73 Å². The Labute approximate surface area is 89.2 Å². The molecule has 86 valence electrons. The minimum absolute atomic E-state index is 0.750. The van der Waals surface area contributed by atoms with E-state index in [0.717, 1.165) is 12.8 Å². The van der Waals surface area contributed by atoms with Crippen LogP contribution in [0.25, 0.3) is 0 Å². The summed E-state index contributed by atoms with van der Waals surface area (Å²) in [5.74, 6) is 0. The van der Waals surface area contributed by atoms with E-state index in [9.17, 15) is 0 Å². The van der Waals surface area contributed by atoms with Crippen LogP contribution >= 0.6 is 0 Å². The number of aliphatic hydroxyl groups is 1. The Hall–Kier alpha value is -0.500. The topological polar surface area (TPSA) is 46.2 Å². The molecular formula is C12H27NO. The third kappa shape index (κ3) is 22.5. The quantitative estimate of drug-likeness (QED) is 0.464. The van der Waals surface area contributed by atoms with Crippen molar-refractivity contribution in [1.82, 2.24) is 0 Å². The molecular weight excluding hydrogens is 174 g/mol. The van der Waals surface area contributed by atoms with Crippen LogP contribution in [0.15, 0.2) is 12.8 Å². The van der Waals surface area contributed by atoms with E-state index in [-0.39, 0.29) is 0 Å². The monoisotopic (exact) mass is 201 g/mol. The van der Waals surface area contributed by atoms with Gasteiger partial charge in [-0.05, 0) is 13.0 Å². The first-order valence-electron chi connectivity index (χ1n) is 5.78. The average Bonchev–Trinajstić information content (AvgIpc) is 2.18. The van der Waals surface area contributed by atoms with Gasteiger partial charge >= 0.3 is 0 Å². The average molecular weight is 201 g/mol. The zero-order valence-electron chi connectivity index (χ0n) is 9.67. The molecule has 0 saturated carbocycles. The number of aliphatic hydroxyl groups excluding tert-OH is 1. The van der Waals surface area contributed by atoms with Crippen molar-refractivity contribution < 1.29 is 5.11 Å².